The van der Waals surface area contributed by atoms with Crippen LogP contribution in [0.2, 0.25) is 21.4 Å². The fourth-order valence-corrected chi connectivity index (χ4v) is 4.58. The smallest absolute Gasteiger partial charge is 0.0843 e. The molecule has 0 radical (unpaired) electrons. The van der Waals surface area contributed by atoms with E-state index >= 15 is 0 Å². The largest absolute Gasteiger partial charge is 0.101 e. The highest BCUT2D eigenvalue weighted by atomic mass is 35.5. The predicted molar refractivity (Wildman–Crippen MR) is 126 cm³/mol. The molecule has 28 heavy (non-hydrogen) atoms. The van der Waals surface area contributed by atoms with Crippen molar-refractivity contribution in [1.29, 1.82) is 0 Å². The highest BCUT2D eigenvalue weighted by Gasteiger charge is 2.36. The van der Waals surface area contributed by atoms with Gasteiger partial charge in [-0.2, -0.15) is 0 Å². The Morgan fingerprint density at radius 1 is 0.607 bits per heavy atom. The zero-order valence-corrected chi connectivity index (χ0v) is 18.4. The summed E-state index contributed by atoms with van der Waals surface area (Å²) in [5.41, 5.74) is 3.15. The topological polar surface area (TPSA) is 0 Å². The minimum Gasteiger partial charge on any atom is -0.0843 e. The Hall–Kier alpha value is -1.41. The van der Waals surface area contributed by atoms with Gasteiger partial charge in [0.05, 0.1) is 0 Å². The molecule has 0 unspecified atom stereocenters. The third kappa shape index (κ3) is 4.77. The summed E-state index contributed by atoms with van der Waals surface area (Å²) in [6, 6.07) is 24.5. The molecule has 0 aromatic heterocycles. The lowest BCUT2D eigenvalue weighted by Crippen LogP contribution is -2.29. The van der Waals surface area contributed by atoms with E-state index in [0.29, 0.717) is 0 Å². The third-order valence-electron chi connectivity index (χ3n) is 5.36. The summed E-state index contributed by atoms with van der Waals surface area (Å²) in [4.78, 5) is 0. The first-order valence-corrected chi connectivity index (χ1v) is 11.0. The molecule has 3 aromatic rings. The highest BCUT2D eigenvalue weighted by molar-refractivity contribution is 6.31. The van der Waals surface area contributed by atoms with E-state index in [1.807, 2.05) is 36.4 Å². The average molecular weight is 430 g/mol. The molecule has 0 amide bonds. The van der Waals surface area contributed by atoms with Gasteiger partial charge in [-0.05, 0) is 59.5 Å². The highest BCUT2D eigenvalue weighted by Crippen LogP contribution is 2.45. The van der Waals surface area contributed by atoms with Gasteiger partial charge in [0.1, 0.15) is 7.85 Å². The molecule has 0 atom stereocenters. The second-order valence-electron chi connectivity index (χ2n) is 7.25. The van der Waals surface area contributed by atoms with Crippen LogP contribution in [0.4, 0.5) is 0 Å². The van der Waals surface area contributed by atoms with Gasteiger partial charge >= 0.3 is 0 Å². The van der Waals surface area contributed by atoms with E-state index < -0.39 is 0 Å². The van der Waals surface area contributed by atoms with Crippen molar-refractivity contribution in [2.24, 2.45) is 0 Å². The van der Waals surface area contributed by atoms with Crippen LogP contribution < -0.4 is 0 Å². The van der Waals surface area contributed by atoms with Gasteiger partial charge in [-0.3, -0.25) is 0 Å². The monoisotopic (exact) mass is 428 g/mol. The van der Waals surface area contributed by atoms with Gasteiger partial charge in [-0.15, -0.1) is 0 Å². The summed E-state index contributed by atoms with van der Waals surface area (Å²) in [5, 5.41) is 2.21. The summed E-state index contributed by atoms with van der Waals surface area (Å²) in [6.45, 7) is 0. The maximum atomic E-state index is 6.42. The fraction of sp³-hybridized carbons (Fsp3) is 0.250. The Balaban J connectivity index is 2.24. The summed E-state index contributed by atoms with van der Waals surface area (Å²) < 4.78 is 0. The molecule has 0 fully saturated rings. The van der Waals surface area contributed by atoms with Crippen LogP contribution in [0.5, 0.6) is 0 Å². The zero-order chi connectivity index (χ0) is 20.0. The Kier molecular flexibility index (Phi) is 7.52. The Bertz CT molecular complexity index is 812. The van der Waals surface area contributed by atoms with Gasteiger partial charge in [0.15, 0.2) is 0 Å². The number of hydrogen-bond acceptors (Lipinski definition) is 0. The van der Waals surface area contributed by atoms with Crippen molar-refractivity contribution in [3.05, 3.63) is 105 Å². The van der Waals surface area contributed by atoms with E-state index in [1.165, 1.54) is 35.9 Å². The molecule has 0 aliphatic carbocycles. The number of hydrogen-bond donors (Lipinski definition) is 0. The van der Waals surface area contributed by atoms with Gasteiger partial charge < -0.3 is 0 Å². The first-order valence-electron chi connectivity index (χ1n) is 9.84. The lowest BCUT2D eigenvalue weighted by Gasteiger charge is -2.36. The second-order valence-corrected chi connectivity index (χ2v) is 8.56. The summed E-state index contributed by atoms with van der Waals surface area (Å²) in [5.74, 6) is 0. The van der Waals surface area contributed by atoms with Gasteiger partial charge in [-0.1, -0.05) is 96.8 Å². The quantitative estimate of drug-likeness (QED) is 0.196. The van der Waals surface area contributed by atoms with Gasteiger partial charge in [0.25, 0.3) is 0 Å². The molecule has 0 nitrogen and oxygen atoms in total. The van der Waals surface area contributed by atoms with Crippen molar-refractivity contribution < 1.29 is 0 Å². The van der Waals surface area contributed by atoms with Crippen molar-refractivity contribution in [2.45, 2.75) is 37.4 Å². The number of unbranched alkanes of at least 4 members (excludes halogenated alkanes) is 2. The van der Waals surface area contributed by atoms with Crippen LogP contribution in [-0.2, 0) is 5.41 Å². The minimum atomic E-state index is -0.353. The first-order chi connectivity index (χ1) is 13.6. The number of benzene rings is 3. The number of rotatable bonds is 8. The van der Waals surface area contributed by atoms with E-state index in [1.54, 1.807) is 0 Å². The SMILES string of the molecule is BCCCCCC(c1cccc(Cl)c1)(c1cccc(Cl)c1)c1cccc(Cl)c1. The molecule has 0 aliphatic rings. The predicted octanol–water partition coefficient (Wildman–Crippen LogP) is 7.59. The van der Waals surface area contributed by atoms with Crippen molar-refractivity contribution in [3.8, 4) is 0 Å². The molecule has 0 N–H and O–H groups in total. The van der Waals surface area contributed by atoms with Gasteiger partial charge in [0, 0.05) is 20.5 Å². The lowest BCUT2D eigenvalue weighted by atomic mass is 9.66. The van der Waals surface area contributed by atoms with Crippen LogP contribution >= 0.6 is 34.8 Å². The number of halogens is 3. The lowest BCUT2D eigenvalue weighted by molar-refractivity contribution is 0.515. The standard InChI is InChI=1S/C24H24BCl3/c25-14-3-1-2-13-24(18-7-4-10-21(26)15-18,19-8-5-11-22(27)16-19)20-9-6-12-23(28)17-20/h4-12,15-17H,1-3,13-14,25H2. The molecule has 4 heteroatoms. The molecule has 144 valence electrons. The van der Waals surface area contributed by atoms with E-state index in [9.17, 15) is 0 Å². The molecule has 0 saturated carbocycles. The van der Waals surface area contributed by atoms with Crippen LogP contribution in [0, 0.1) is 0 Å². The molecule has 3 aromatic carbocycles. The molecular formula is C24H24BCl3. The van der Waals surface area contributed by atoms with E-state index in [0.717, 1.165) is 27.9 Å². The summed E-state index contributed by atoms with van der Waals surface area (Å²) in [6.07, 6.45) is 5.71. The maximum Gasteiger partial charge on any atom is 0.101 e. The van der Waals surface area contributed by atoms with Gasteiger partial charge in [-0.25, -0.2) is 0 Å². The second kappa shape index (κ2) is 9.88. The van der Waals surface area contributed by atoms with E-state index in [2.05, 4.69) is 44.2 Å². The van der Waals surface area contributed by atoms with Crippen LogP contribution in [0.3, 0.4) is 0 Å². The Labute approximate surface area is 184 Å². The van der Waals surface area contributed by atoms with E-state index in [4.69, 9.17) is 34.8 Å². The third-order valence-corrected chi connectivity index (χ3v) is 6.06. The van der Waals surface area contributed by atoms with Crippen molar-refractivity contribution >= 4 is 42.6 Å². The average Bonchev–Trinajstić information content (AvgIpc) is 2.68. The minimum absolute atomic E-state index is 0.353. The van der Waals surface area contributed by atoms with Crippen molar-refractivity contribution in [2.75, 3.05) is 0 Å². The Morgan fingerprint density at radius 3 is 1.39 bits per heavy atom. The Morgan fingerprint density at radius 2 is 1.04 bits per heavy atom. The molecule has 3 rings (SSSR count). The molecule has 0 saturated heterocycles. The van der Waals surface area contributed by atoms with Gasteiger partial charge in [0.2, 0.25) is 0 Å². The maximum absolute atomic E-state index is 6.42. The zero-order valence-electron chi connectivity index (χ0n) is 16.1. The van der Waals surface area contributed by atoms with Crippen LogP contribution in [0.15, 0.2) is 72.8 Å². The molecule has 0 heterocycles. The van der Waals surface area contributed by atoms with Crippen LogP contribution in [-0.4, -0.2) is 7.85 Å². The van der Waals surface area contributed by atoms with Crippen molar-refractivity contribution in [3.63, 3.8) is 0 Å². The van der Waals surface area contributed by atoms with Crippen molar-refractivity contribution in [1.82, 2.24) is 0 Å². The molecule has 0 aliphatic heterocycles. The molecule has 0 spiro atoms. The first kappa shape index (κ1) is 21.3. The fourth-order valence-electron chi connectivity index (χ4n) is 4.01. The van der Waals surface area contributed by atoms with Crippen LogP contribution in [0.1, 0.15) is 42.4 Å². The molecular weight excluding hydrogens is 405 g/mol. The summed E-state index contributed by atoms with van der Waals surface area (Å²) in [7, 11) is 2.23. The van der Waals surface area contributed by atoms with E-state index in [-0.39, 0.29) is 5.41 Å². The molecule has 0 bridgehead atoms. The normalized spacial score (nSPS) is 11.5. The van der Waals surface area contributed by atoms with Crippen LogP contribution in [0.25, 0.3) is 0 Å². The summed E-state index contributed by atoms with van der Waals surface area (Å²) >= 11 is 19.3.